The normalized spacial score (nSPS) is 12.2. The molecule has 0 saturated heterocycles. The molecule has 1 N–H and O–H groups in total. The predicted octanol–water partition coefficient (Wildman–Crippen LogP) is 3.71. The summed E-state index contributed by atoms with van der Waals surface area (Å²) < 4.78 is 1.91. The summed E-state index contributed by atoms with van der Waals surface area (Å²) in [5, 5.41) is 13.3. The topological polar surface area (TPSA) is 40.8 Å². The summed E-state index contributed by atoms with van der Waals surface area (Å²) >= 11 is 6.20. The van der Waals surface area contributed by atoms with E-state index in [1.807, 2.05) is 48.9 Å². The molecule has 0 aliphatic rings. The molecule has 0 radical (unpaired) electrons. The molecular weight excluding hydrogens is 270 g/mol. The highest BCUT2D eigenvalue weighted by atomic mass is 35.5. The smallest absolute Gasteiger partial charge is 0.120 e. The van der Waals surface area contributed by atoms with Gasteiger partial charge in [0.05, 0.1) is 0 Å². The van der Waals surface area contributed by atoms with Crippen LogP contribution in [0.2, 0.25) is 5.02 Å². The second-order valence-corrected chi connectivity index (χ2v) is 5.34. The Hall–Kier alpha value is -1.76. The van der Waals surface area contributed by atoms with Crippen molar-refractivity contribution in [2.75, 3.05) is 0 Å². The van der Waals surface area contributed by atoms with Crippen LogP contribution in [-0.2, 0) is 13.6 Å². The van der Waals surface area contributed by atoms with Gasteiger partial charge >= 0.3 is 0 Å². The molecule has 0 bridgehead atoms. The Morgan fingerprint density at radius 3 is 2.70 bits per heavy atom. The lowest BCUT2D eigenvalue weighted by atomic mass is 10.1. The van der Waals surface area contributed by atoms with Crippen molar-refractivity contribution in [2.24, 2.45) is 7.05 Å². The van der Waals surface area contributed by atoms with Crippen molar-refractivity contribution in [3.05, 3.63) is 57.9 Å². The molecule has 1 unspecified atom stereocenters. The van der Waals surface area contributed by atoms with Gasteiger partial charge in [-0.15, -0.1) is 0 Å². The molecule has 3 nitrogen and oxygen atoms in total. The van der Waals surface area contributed by atoms with E-state index in [1.54, 1.807) is 0 Å². The van der Waals surface area contributed by atoms with Crippen LogP contribution >= 0.6 is 11.6 Å². The zero-order chi connectivity index (χ0) is 14.7. The highest BCUT2D eigenvalue weighted by Crippen LogP contribution is 2.23. The molecule has 1 aromatic carbocycles. The van der Waals surface area contributed by atoms with Gasteiger partial charge in [0.15, 0.2) is 0 Å². The van der Waals surface area contributed by atoms with E-state index >= 15 is 0 Å². The molecule has 1 atom stereocenters. The molecule has 1 aromatic heterocycles. The van der Waals surface area contributed by atoms with Crippen LogP contribution in [0.4, 0.5) is 0 Å². The SMILES string of the molecule is Cc1c(CNC(C)c2ccccc2Cl)cc(C#N)n1C. The molecule has 2 rings (SSSR count). The number of benzene rings is 1. The minimum Gasteiger partial charge on any atom is -0.340 e. The largest absolute Gasteiger partial charge is 0.340 e. The maximum absolute atomic E-state index is 9.04. The first-order valence-electron chi connectivity index (χ1n) is 6.57. The van der Waals surface area contributed by atoms with Gasteiger partial charge in [0.2, 0.25) is 0 Å². The number of nitriles is 1. The van der Waals surface area contributed by atoms with E-state index in [-0.39, 0.29) is 6.04 Å². The van der Waals surface area contributed by atoms with Gasteiger partial charge in [0.25, 0.3) is 0 Å². The van der Waals surface area contributed by atoms with Crippen molar-refractivity contribution in [1.29, 1.82) is 5.26 Å². The molecule has 0 spiro atoms. The van der Waals surface area contributed by atoms with E-state index in [0.29, 0.717) is 12.2 Å². The van der Waals surface area contributed by atoms with E-state index < -0.39 is 0 Å². The fourth-order valence-corrected chi connectivity index (χ4v) is 2.55. The first kappa shape index (κ1) is 14.6. The number of rotatable bonds is 4. The second-order valence-electron chi connectivity index (χ2n) is 4.94. The van der Waals surface area contributed by atoms with Crippen molar-refractivity contribution in [1.82, 2.24) is 9.88 Å². The van der Waals surface area contributed by atoms with Gasteiger partial charge in [-0.1, -0.05) is 29.8 Å². The number of nitrogens with zero attached hydrogens (tertiary/aromatic N) is 2. The lowest BCUT2D eigenvalue weighted by molar-refractivity contribution is 0.573. The first-order chi connectivity index (χ1) is 9.54. The second kappa shape index (κ2) is 6.13. The van der Waals surface area contributed by atoms with Crippen molar-refractivity contribution in [3.63, 3.8) is 0 Å². The van der Waals surface area contributed by atoms with Crippen LogP contribution in [0.25, 0.3) is 0 Å². The minimum absolute atomic E-state index is 0.161. The third-order valence-electron chi connectivity index (χ3n) is 3.73. The van der Waals surface area contributed by atoms with Gasteiger partial charge in [0.1, 0.15) is 11.8 Å². The summed E-state index contributed by atoms with van der Waals surface area (Å²) in [5.74, 6) is 0. The monoisotopic (exact) mass is 287 g/mol. The molecule has 0 saturated carbocycles. The van der Waals surface area contributed by atoms with Crippen molar-refractivity contribution < 1.29 is 0 Å². The summed E-state index contributed by atoms with van der Waals surface area (Å²) in [6.45, 7) is 4.83. The van der Waals surface area contributed by atoms with Gasteiger partial charge in [-0.3, -0.25) is 0 Å². The summed E-state index contributed by atoms with van der Waals surface area (Å²) in [6.07, 6.45) is 0. The Balaban J connectivity index is 2.10. The molecule has 0 fully saturated rings. The van der Waals surface area contributed by atoms with Gasteiger partial charge < -0.3 is 9.88 Å². The average Bonchev–Trinajstić information content (AvgIpc) is 2.72. The fourth-order valence-electron chi connectivity index (χ4n) is 2.25. The standard InChI is InChI=1S/C16H18ClN3/c1-11(15-6-4-5-7-16(15)17)19-10-13-8-14(9-18)20(3)12(13)2/h4-8,11,19H,10H2,1-3H3. The van der Waals surface area contributed by atoms with E-state index in [0.717, 1.165) is 21.8 Å². The average molecular weight is 288 g/mol. The van der Waals surface area contributed by atoms with Gasteiger partial charge in [-0.2, -0.15) is 5.26 Å². The van der Waals surface area contributed by atoms with Crippen molar-refractivity contribution in [2.45, 2.75) is 26.4 Å². The van der Waals surface area contributed by atoms with Crippen LogP contribution < -0.4 is 5.32 Å². The maximum Gasteiger partial charge on any atom is 0.120 e. The van der Waals surface area contributed by atoms with Crippen LogP contribution in [0.3, 0.4) is 0 Å². The van der Waals surface area contributed by atoms with Crippen molar-refractivity contribution >= 4 is 11.6 Å². The third kappa shape index (κ3) is 2.87. The predicted molar refractivity (Wildman–Crippen MR) is 81.6 cm³/mol. The first-order valence-corrected chi connectivity index (χ1v) is 6.95. The Morgan fingerprint density at radius 1 is 1.40 bits per heavy atom. The van der Waals surface area contributed by atoms with Crippen LogP contribution in [0.15, 0.2) is 30.3 Å². The Morgan fingerprint density at radius 2 is 2.10 bits per heavy atom. The van der Waals surface area contributed by atoms with Crippen LogP contribution in [0.5, 0.6) is 0 Å². The maximum atomic E-state index is 9.04. The molecule has 0 aliphatic heterocycles. The zero-order valence-corrected chi connectivity index (χ0v) is 12.7. The minimum atomic E-state index is 0.161. The lowest BCUT2D eigenvalue weighted by Gasteiger charge is -2.15. The highest BCUT2D eigenvalue weighted by Gasteiger charge is 2.12. The molecule has 4 heteroatoms. The number of halogens is 1. The van der Waals surface area contributed by atoms with Crippen LogP contribution in [0.1, 0.15) is 35.5 Å². The third-order valence-corrected chi connectivity index (χ3v) is 4.07. The van der Waals surface area contributed by atoms with E-state index in [4.69, 9.17) is 16.9 Å². The van der Waals surface area contributed by atoms with Crippen LogP contribution in [-0.4, -0.2) is 4.57 Å². The summed E-state index contributed by atoms with van der Waals surface area (Å²) in [7, 11) is 1.91. The summed E-state index contributed by atoms with van der Waals surface area (Å²) in [6, 6.07) is 12.1. The summed E-state index contributed by atoms with van der Waals surface area (Å²) in [4.78, 5) is 0. The molecule has 1 heterocycles. The van der Waals surface area contributed by atoms with Gasteiger partial charge in [0, 0.05) is 30.4 Å². The highest BCUT2D eigenvalue weighted by molar-refractivity contribution is 6.31. The lowest BCUT2D eigenvalue weighted by Crippen LogP contribution is -2.18. The number of hydrogen-bond donors (Lipinski definition) is 1. The molecule has 2 aromatic rings. The fraction of sp³-hybridized carbons (Fsp3) is 0.312. The molecule has 104 valence electrons. The quantitative estimate of drug-likeness (QED) is 0.931. The van der Waals surface area contributed by atoms with Gasteiger partial charge in [-0.25, -0.2) is 0 Å². The Kier molecular flexibility index (Phi) is 4.49. The van der Waals surface area contributed by atoms with Gasteiger partial charge in [-0.05, 0) is 37.1 Å². The Bertz CT molecular complexity index is 652. The van der Waals surface area contributed by atoms with E-state index in [9.17, 15) is 0 Å². The van der Waals surface area contributed by atoms with E-state index in [2.05, 4.69) is 18.3 Å². The van der Waals surface area contributed by atoms with Crippen molar-refractivity contribution in [3.8, 4) is 6.07 Å². The molecular formula is C16H18ClN3. The molecule has 20 heavy (non-hydrogen) atoms. The van der Waals surface area contributed by atoms with E-state index in [1.165, 1.54) is 0 Å². The molecule has 0 aliphatic carbocycles. The molecule has 0 amide bonds. The summed E-state index contributed by atoms with van der Waals surface area (Å²) in [5.41, 5.74) is 4.02. The number of nitrogens with one attached hydrogen (secondary N) is 1. The zero-order valence-electron chi connectivity index (χ0n) is 11.9. The number of aromatic nitrogens is 1. The van der Waals surface area contributed by atoms with Crippen LogP contribution in [0, 0.1) is 18.3 Å². The Labute approximate surface area is 124 Å². The number of hydrogen-bond acceptors (Lipinski definition) is 2.